The van der Waals surface area contributed by atoms with Crippen LogP contribution in [0.1, 0.15) is 29.4 Å². The molecule has 0 aliphatic heterocycles. The maximum absolute atomic E-state index is 11.4. The largest absolute Gasteiger partial charge is 0.477 e. The van der Waals surface area contributed by atoms with Gasteiger partial charge in [0.25, 0.3) is 10.0 Å². The van der Waals surface area contributed by atoms with Crippen molar-refractivity contribution in [1.29, 1.82) is 0 Å². The molecule has 0 unspecified atom stereocenters. The van der Waals surface area contributed by atoms with Gasteiger partial charge in [0.05, 0.1) is 0 Å². The lowest BCUT2D eigenvalue weighted by molar-refractivity contribution is 0.0685. The number of hydrogen-bond donors (Lipinski definition) is 3. The predicted octanol–water partition coefficient (Wildman–Crippen LogP) is -0.327. The van der Waals surface area contributed by atoms with E-state index in [1.165, 1.54) is 10.8 Å². The van der Waals surface area contributed by atoms with Gasteiger partial charge in [-0.2, -0.15) is 4.83 Å². The van der Waals surface area contributed by atoms with Crippen LogP contribution >= 0.6 is 0 Å². The fourth-order valence-electron chi connectivity index (χ4n) is 1.50. The number of carboxylic acid groups (broad SMARTS) is 1. The number of aromatic carboxylic acids is 1. The highest BCUT2D eigenvalue weighted by Gasteiger charge is 2.30. The van der Waals surface area contributed by atoms with Gasteiger partial charge in [-0.3, -0.25) is 5.84 Å². The highest BCUT2D eigenvalue weighted by molar-refractivity contribution is 7.89. The van der Waals surface area contributed by atoms with Crippen LogP contribution in [0.15, 0.2) is 17.2 Å². The summed E-state index contributed by atoms with van der Waals surface area (Å²) in [6.07, 6.45) is 3.03. The summed E-state index contributed by atoms with van der Waals surface area (Å²) in [6, 6.07) is 1.20. The number of hydrogen-bond acceptors (Lipinski definition) is 4. The quantitative estimate of drug-likeness (QED) is 0.496. The average Bonchev–Trinajstić information content (AvgIpc) is 2.96. The van der Waals surface area contributed by atoms with Crippen LogP contribution in [0.25, 0.3) is 0 Å². The fourth-order valence-corrected chi connectivity index (χ4v) is 2.15. The molecule has 88 valence electrons. The van der Waals surface area contributed by atoms with E-state index < -0.39 is 16.0 Å². The third kappa shape index (κ3) is 1.82. The summed E-state index contributed by atoms with van der Waals surface area (Å²) in [4.78, 5) is 12.5. The van der Waals surface area contributed by atoms with Gasteiger partial charge in [0, 0.05) is 12.2 Å². The Morgan fingerprint density at radius 1 is 1.56 bits per heavy atom. The summed E-state index contributed by atoms with van der Waals surface area (Å²) in [5, 5.41) is 8.93. The third-order valence-electron chi connectivity index (χ3n) is 2.45. The Bertz CT molecular complexity index is 529. The molecule has 7 nitrogen and oxygen atoms in total. The summed E-state index contributed by atoms with van der Waals surface area (Å²) in [7, 11) is -3.80. The zero-order chi connectivity index (χ0) is 11.9. The summed E-state index contributed by atoms with van der Waals surface area (Å²) in [5.41, 5.74) is -0.0312. The lowest BCUT2D eigenvalue weighted by Gasteiger charge is -2.01. The molecule has 1 aliphatic carbocycles. The summed E-state index contributed by atoms with van der Waals surface area (Å²) in [6.45, 7) is 0. The van der Waals surface area contributed by atoms with Crippen molar-refractivity contribution >= 4 is 16.0 Å². The Kier molecular flexibility index (Phi) is 2.49. The molecule has 1 aromatic heterocycles. The minimum atomic E-state index is -3.80. The predicted molar refractivity (Wildman–Crippen MR) is 54.2 cm³/mol. The summed E-state index contributed by atoms with van der Waals surface area (Å²) in [5.74, 6) is 3.72. The highest BCUT2D eigenvalue weighted by Crippen LogP contribution is 2.37. The van der Waals surface area contributed by atoms with Crippen molar-refractivity contribution in [3.8, 4) is 0 Å². The van der Waals surface area contributed by atoms with E-state index in [0.29, 0.717) is 0 Å². The first kappa shape index (κ1) is 11.1. The second-order valence-electron chi connectivity index (χ2n) is 3.63. The number of carboxylic acids is 1. The number of nitrogens with zero attached hydrogens (tertiary/aromatic N) is 1. The number of sulfonamides is 1. The molecule has 0 spiro atoms. The second-order valence-corrected chi connectivity index (χ2v) is 5.34. The smallest absolute Gasteiger partial charge is 0.352 e. The molecular weight excluding hydrogens is 234 g/mol. The first-order valence-corrected chi connectivity index (χ1v) is 6.11. The van der Waals surface area contributed by atoms with E-state index in [1.807, 2.05) is 0 Å². The van der Waals surface area contributed by atoms with Gasteiger partial charge < -0.3 is 9.67 Å². The van der Waals surface area contributed by atoms with Gasteiger partial charge in [0.15, 0.2) is 0 Å². The van der Waals surface area contributed by atoms with Crippen molar-refractivity contribution in [2.45, 2.75) is 23.8 Å². The monoisotopic (exact) mass is 245 g/mol. The molecule has 0 saturated heterocycles. The average molecular weight is 245 g/mol. The van der Waals surface area contributed by atoms with Gasteiger partial charge in [0.1, 0.15) is 10.6 Å². The number of nitrogens with two attached hydrogens (primary N) is 1. The minimum Gasteiger partial charge on any atom is -0.477 e. The molecule has 1 aliphatic rings. The molecule has 1 aromatic rings. The molecule has 0 radical (unpaired) electrons. The number of hydrazine groups is 1. The van der Waals surface area contributed by atoms with Gasteiger partial charge in [-0.15, -0.1) is 0 Å². The first-order chi connectivity index (χ1) is 7.45. The van der Waals surface area contributed by atoms with E-state index in [2.05, 4.69) is 0 Å². The van der Waals surface area contributed by atoms with Crippen molar-refractivity contribution < 1.29 is 18.3 Å². The number of carbonyl (C=O) groups is 1. The SMILES string of the molecule is NNS(=O)(=O)c1cc(C(=O)O)n(C2CC2)c1. The fraction of sp³-hybridized carbons (Fsp3) is 0.375. The maximum atomic E-state index is 11.4. The van der Waals surface area contributed by atoms with Crippen LogP contribution in [-0.4, -0.2) is 24.1 Å². The van der Waals surface area contributed by atoms with E-state index in [1.54, 1.807) is 4.83 Å². The molecule has 2 rings (SSSR count). The van der Waals surface area contributed by atoms with Crippen molar-refractivity contribution in [3.63, 3.8) is 0 Å². The van der Waals surface area contributed by atoms with Gasteiger partial charge in [-0.05, 0) is 18.9 Å². The summed E-state index contributed by atoms with van der Waals surface area (Å²) >= 11 is 0. The second kappa shape index (κ2) is 3.58. The Morgan fingerprint density at radius 2 is 2.19 bits per heavy atom. The van der Waals surface area contributed by atoms with E-state index in [9.17, 15) is 13.2 Å². The zero-order valence-corrected chi connectivity index (χ0v) is 9.07. The van der Waals surface area contributed by atoms with Crippen LogP contribution in [0.3, 0.4) is 0 Å². The molecule has 4 N–H and O–H groups in total. The van der Waals surface area contributed by atoms with Gasteiger partial charge in [-0.25, -0.2) is 13.2 Å². The van der Waals surface area contributed by atoms with E-state index >= 15 is 0 Å². The lowest BCUT2D eigenvalue weighted by Crippen LogP contribution is -2.29. The maximum Gasteiger partial charge on any atom is 0.352 e. The van der Waals surface area contributed by atoms with E-state index in [4.69, 9.17) is 10.9 Å². The van der Waals surface area contributed by atoms with Gasteiger partial charge >= 0.3 is 5.97 Å². The van der Waals surface area contributed by atoms with Crippen molar-refractivity contribution in [1.82, 2.24) is 9.40 Å². The Morgan fingerprint density at radius 3 is 2.62 bits per heavy atom. The van der Waals surface area contributed by atoms with Crippen LogP contribution in [0.5, 0.6) is 0 Å². The molecular formula is C8H11N3O4S. The molecule has 0 aromatic carbocycles. The normalized spacial score (nSPS) is 16.3. The number of aromatic nitrogens is 1. The van der Waals surface area contributed by atoms with Crippen molar-refractivity contribution in [2.24, 2.45) is 5.84 Å². The van der Waals surface area contributed by atoms with E-state index in [0.717, 1.165) is 18.9 Å². The van der Waals surface area contributed by atoms with Gasteiger partial charge in [0.2, 0.25) is 0 Å². The lowest BCUT2D eigenvalue weighted by atomic mass is 10.4. The molecule has 8 heteroatoms. The topological polar surface area (TPSA) is 114 Å². The highest BCUT2D eigenvalue weighted by atomic mass is 32.2. The Labute approximate surface area is 91.9 Å². The molecule has 0 atom stereocenters. The first-order valence-electron chi connectivity index (χ1n) is 4.63. The molecule has 0 bridgehead atoms. The zero-order valence-electron chi connectivity index (χ0n) is 8.25. The number of rotatable bonds is 4. The summed E-state index contributed by atoms with van der Waals surface area (Å²) < 4.78 is 24.2. The van der Waals surface area contributed by atoms with Crippen LogP contribution in [0.2, 0.25) is 0 Å². The Balaban J connectivity index is 2.50. The van der Waals surface area contributed by atoms with Gasteiger partial charge in [-0.1, -0.05) is 0 Å². The van der Waals surface area contributed by atoms with Crippen molar-refractivity contribution in [3.05, 3.63) is 18.0 Å². The molecule has 0 amide bonds. The molecule has 1 heterocycles. The van der Waals surface area contributed by atoms with Crippen LogP contribution < -0.4 is 10.7 Å². The Hall–Kier alpha value is -1.38. The van der Waals surface area contributed by atoms with Crippen LogP contribution in [0, 0.1) is 0 Å². The minimum absolute atomic E-state index is 0.0312. The third-order valence-corrected chi connectivity index (χ3v) is 3.60. The van der Waals surface area contributed by atoms with Crippen LogP contribution in [0.4, 0.5) is 0 Å². The molecule has 1 fully saturated rings. The molecule has 16 heavy (non-hydrogen) atoms. The van der Waals surface area contributed by atoms with Crippen LogP contribution in [-0.2, 0) is 10.0 Å². The molecule has 1 saturated carbocycles. The van der Waals surface area contributed by atoms with E-state index in [-0.39, 0.29) is 16.6 Å². The standard InChI is InChI=1S/C8H11N3O4S/c9-10-16(14,15)6-3-7(8(12)13)11(4-6)5-1-2-5/h3-5,10H,1-2,9H2,(H,12,13). The number of nitrogens with one attached hydrogen (secondary N) is 1. The van der Waals surface area contributed by atoms with Crippen molar-refractivity contribution in [2.75, 3.05) is 0 Å².